The van der Waals surface area contributed by atoms with Gasteiger partial charge in [0.25, 0.3) is 0 Å². The summed E-state index contributed by atoms with van der Waals surface area (Å²) in [7, 11) is -3.33. The van der Waals surface area contributed by atoms with Crippen LogP contribution in [0.15, 0.2) is 29.2 Å². The van der Waals surface area contributed by atoms with E-state index >= 15 is 0 Å². The van der Waals surface area contributed by atoms with Gasteiger partial charge in [-0.25, -0.2) is 8.42 Å². The van der Waals surface area contributed by atoms with Crippen LogP contribution >= 0.6 is 0 Å². The normalized spacial score (nSPS) is 22.7. The Hall–Kier alpha value is -1.38. The molecule has 0 unspecified atom stereocenters. The SMILES string of the molecule is CC1CCC(OCCS(=O)(=O)c2ccc(C#N)cc2)CC1. The van der Waals surface area contributed by atoms with Crippen molar-refractivity contribution in [2.45, 2.75) is 43.6 Å². The van der Waals surface area contributed by atoms with Gasteiger partial charge in [-0.3, -0.25) is 0 Å². The molecule has 0 saturated heterocycles. The number of rotatable bonds is 5. The summed E-state index contributed by atoms with van der Waals surface area (Å²) in [5.74, 6) is 0.748. The molecule has 1 aliphatic rings. The van der Waals surface area contributed by atoms with Gasteiger partial charge in [-0.15, -0.1) is 0 Å². The zero-order valence-corrected chi connectivity index (χ0v) is 13.1. The Balaban J connectivity index is 1.85. The first-order valence-electron chi connectivity index (χ1n) is 7.36. The molecule has 21 heavy (non-hydrogen) atoms. The molecule has 0 spiro atoms. The largest absolute Gasteiger partial charge is 0.377 e. The summed E-state index contributed by atoms with van der Waals surface area (Å²) >= 11 is 0. The quantitative estimate of drug-likeness (QED) is 0.839. The van der Waals surface area contributed by atoms with Crippen LogP contribution in [0, 0.1) is 17.2 Å². The van der Waals surface area contributed by atoms with Gasteiger partial charge in [0.15, 0.2) is 9.84 Å². The number of hydrogen-bond acceptors (Lipinski definition) is 4. The highest BCUT2D eigenvalue weighted by Gasteiger charge is 2.20. The maximum absolute atomic E-state index is 12.2. The summed E-state index contributed by atoms with van der Waals surface area (Å²) in [5, 5.41) is 8.72. The second-order valence-electron chi connectivity index (χ2n) is 5.71. The topological polar surface area (TPSA) is 67.2 Å². The van der Waals surface area contributed by atoms with Gasteiger partial charge in [0.1, 0.15) is 0 Å². The minimum atomic E-state index is -3.33. The highest BCUT2D eigenvalue weighted by atomic mass is 32.2. The predicted octanol–water partition coefficient (Wildman–Crippen LogP) is 2.93. The van der Waals surface area contributed by atoms with Crippen molar-refractivity contribution in [2.75, 3.05) is 12.4 Å². The van der Waals surface area contributed by atoms with E-state index in [9.17, 15) is 8.42 Å². The van der Waals surface area contributed by atoms with Crippen LogP contribution in [0.5, 0.6) is 0 Å². The van der Waals surface area contributed by atoms with Crippen LogP contribution in [-0.4, -0.2) is 26.9 Å². The second kappa shape index (κ2) is 7.06. The van der Waals surface area contributed by atoms with Crippen LogP contribution in [0.2, 0.25) is 0 Å². The van der Waals surface area contributed by atoms with E-state index in [4.69, 9.17) is 10.00 Å². The maximum atomic E-state index is 12.2. The predicted molar refractivity (Wildman–Crippen MR) is 80.6 cm³/mol. The summed E-state index contributed by atoms with van der Waals surface area (Å²) in [6.45, 7) is 2.48. The molecule has 0 aromatic heterocycles. The van der Waals surface area contributed by atoms with Crippen molar-refractivity contribution in [1.29, 1.82) is 5.26 Å². The third kappa shape index (κ3) is 4.55. The zero-order valence-electron chi connectivity index (χ0n) is 12.3. The van der Waals surface area contributed by atoms with Crippen molar-refractivity contribution in [3.63, 3.8) is 0 Å². The van der Waals surface area contributed by atoms with E-state index in [0.717, 1.165) is 31.6 Å². The van der Waals surface area contributed by atoms with Crippen LogP contribution in [0.1, 0.15) is 38.2 Å². The molecule has 5 heteroatoms. The lowest BCUT2D eigenvalue weighted by atomic mass is 9.89. The fraction of sp³-hybridized carbons (Fsp3) is 0.562. The Kier molecular flexibility index (Phi) is 5.38. The molecule has 0 radical (unpaired) electrons. The Labute approximate surface area is 126 Å². The summed E-state index contributed by atoms with van der Waals surface area (Å²) in [5.41, 5.74) is 0.460. The Morgan fingerprint density at radius 3 is 2.38 bits per heavy atom. The van der Waals surface area contributed by atoms with Gasteiger partial charge in [0.05, 0.1) is 35.0 Å². The van der Waals surface area contributed by atoms with Crippen LogP contribution in [0.3, 0.4) is 0 Å². The first kappa shape index (κ1) is 16.0. The Bertz CT molecular complexity index is 593. The summed E-state index contributed by atoms with van der Waals surface area (Å²) < 4.78 is 30.0. The molecule has 1 saturated carbocycles. The molecular formula is C16H21NO3S. The molecular weight excluding hydrogens is 286 g/mol. The van der Waals surface area contributed by atoms with Crippen molar-refractivity contribution in [3.8, 4) is 6.07 Å². The minimum Gasteiger partial charge on any atom is -0.377 e. The smallest absolute Gasteiger partial charge is 0.180 e. The monoisotopic (exact) mass is 307 g/mol. The molecule has 0 amide bonds. The molecule has 1 aromatic rings. The van der Waals surface area contributed by atoms with Gasteiger partial charge in [0, 0.05) is 0 Å². The molecule has 2 rings (SSSR count). The van der Waals surface area contributed by atoms with Crippen molar-refractivity contribution >= 4 is 9.84 Å². The van der Waals surface area contributed by atoms with Crippen LogP contribution in [0.25, 0.3) is 0 Å². The number of nitrogens with zero attached hydrogens (tertiary/aromatic N) is 1. The van der Waals surface area contributed by atoms with Crippen molar-refractivity contribution < 1.29 is 13.2 Å². The summed E-state index contributed by atoms with van der Waals surface area (Å²) in [6, 6.07) is 7.99. The number of hydrogen-bond donors (Lipinski definition) is 0. The second-order valence-corrected chi connectivity index (χ2v) is 7.82. The first-order valence-corrected chi connectivity index (χ1v) is 9.01. The third-order valence-electron chi connectivity index (χ3n) is 4.01. The number of nitriles is 1. The first-order chi connectivity index (χ1) is 10.0. The Morgan fingerprint density at radius 1 is 1.19 bits per heavy atom. The van der Waals surface area contributed by atoms with Gasteiger partial charge in [0.2, 0.25) is 0 Å². The molecule has 4 nitrogen and oxygen atoms in total. The van der Waals surface area contributed by atoms with Crippen molar-refractivity contribution in [3.05, 3.63) is 29.8 Å². The Morgan fingerprint density at radius 2 is 1.81 bits per heavy atom. The van der Waals surface area contributed by atoms with E-state index in [2.05, 4.69) is 6.92 Å². The molecule has 0 bridgehead atoms. The fourth-order valence-corrected chi connectivity index (χ4v) is 3.68. The lowest BCUT2D eigenvalue weighted by Gasteiger charge is -2.26. The zero-order chi connectivity index (χ0) is 15.3. The molecule has 114 valence electrons. The highest BCUT2D eigenvalue weighted by Crippen LogP contribution is 2.25. The average molecular weight is 307 g/mol. The molecule has 1 aliphatic carbocycles. The van der Waals surface area contributed by atoms with Gasteiger partial charge < -0.3 is 4.74 Å². The highest BCUT2D eigenvalue weighted by molar-refractivity contribution is 7.91. The third-order valence-corrected chi connectivity index (χ3v) is 5.71. The molecule has 0 aliphatic heterocycles. The van der Waals surface area contributed by atoms with E-state index in [1.807, 2.05) is 6.07 Å². The van der Waals surface area contributed by atoms with Crippen LogP contribution in [-0.2, 0) is 14.6 Å². The lowest BCUT2D eigenvalue weighted by Crippen LogP contribution is -2.23. The average Bonchev–Trinajstić information content (AvgIpc) is 2.49. The van der Waals surface area contributed by atoms with Crippen molar-refractivity contribution in [1.82, 2.24) is 0 Å². The molecule has 0 atom stereocenters. The minimum absolute atomic E-state index is 0.00897. The summed E-state index contributed by atoms with van der Waals surface area (Å²) in [6.07, 6.45) is 4.58. The molecule has 1 aromatic carbocycles. The van der Waals surface area contributed by atoms with Gasteiger partial charge >= 0.3 is 0 Å². The number of ether oxygens (including phenoxy) is 1. The molecule has 0 N–H and O–H groups in total. The molecule has 1 fully saturated rings. The number of benzene rings is 1. The van der Waals surface area contributed by atoms with E-state index < -0.39 is 9.84 Å². The van der Waals surface area contributed by atoms with Gasteiger partial charge in [-0.05, 0) is 55.9 Å². The summed E-state index contributed by atoms with van der Waals surface area (Å²) in [4.78, 5) is 0.252. The molecule has 0 heterocycles. The van der Waals surface area contributed by atoms with E-state index in [1.165, 1.54) is 24.3 Å². The van der Waals surface area contributed by atoms with Gasteiger partial charge in [-0.1, -0.05) is 6.92 Å². The maximum Gasteiger partial charge on any atom is 0.180 e. The van der Waals surface area contributed by atoms with E-state index in [0.29, 0.717) is 5.56 Å². The van der Waals surface area contributed by atoms with Crippen LogP contribution < -0.4 is 0 Å². The standard InChI is InChI=1S/C16H21NO3S/c1-13-2-6-15(7-3-13)20-10-11-21(18,19)16-8-4-14(12-17)5-9-16/h4-5,8-9,13,15H,2-3,6-7,10-11H2,1H3. The lowest BCUT2D eigenvalue weighted by molar-refractivity contribution is 0.0286. The van der Waals surface area contributed by atoms with Gasteiger partial charge in [-0.2, -0.15) is 5.26 Å². The number of sulfone groups is 1. The fourth-order valence-electron chi connectivity index (χ4n) is 2.58. The van der Waals surface area contributed by atoms with E-state index in [1.54, 1.807) is 0 Å². The van der Waals surface area contributed by atoms with Crippen molar-refractivity contribution in [2.24, 2.45) is 5.92 Å². The van der Waals surface area contributed by atoms with Crippen LogP contribution in [0.4, 0.5) is 0 Å². The van der Waals surface area contributed by atoms with E-state index in [-0.39, 0.29) is 23.4 Å².